The van der Waals surface area contributed by atoms with Crippen molar-refractivity contribution in [3.63, 3.8) is 0 Å². The molecule has 27 heavy (non-hydrogen) atoms. The number of hydrogen-bond donors (Lipinski definition) is 2. The fraction of sp³-hybridized carbons (Fsp3) is 0.474. The molecular weight excluding hydrogens is 348 g/mol. The summed E-state index contributed by atoms with van der Waals surface area (Å²) < 4.78 is 7.09. The van der Waals surface area contributed by atoms with Gasteiger partial charge in [-0.15, -0.1) is 0 Å². The second-order valence-electron chi connectivity index (χ2n) is 7.27. The Hall–Kier alpha value is -2.74. The predicted molar refractivity (Wildman–Crippen MR) is 99.8 cm³/mol. The molecule has 0 unspecified atom stereocenters. The molecule has 144 valence electrons. The van der Waals surface area contributed by atoms with Gasteiger partial charge in [0.1, 0.15) is 6.04 Å². The van der Waals surface area contributed by atoms with Gasteiger partial charge in [-0.2, -0.15) is 0 Å². The van der Waals surface area contributed by atoms with Crippen LogP contribution in [0.1, 0.15) is 45.0 Å². The number of nitrogens with zero attached hydrogens (tertiary/aromatic N) is 2. The normalized spacial score (nSPS) is 21.9. The third-order valence-corrected chi connectivity index (χ3v) is 4.82. The second kappa shape index (κ2) is 7.11. The minimum Gasteiger partial charge on any atom is -0.370 e. The van der Waals surface area contributed by atoms with E-state index in [9.17, 15) is 14.4 Å². The number of ether oxygens (including phenoxy) is 1. The van der Waals surface area contributed by atoms with Crippen molar-refractivity contribution in [2.75, 3.05) is 7.11 Å². The lowest BCUT2D eigenvalue weighted by atomic mass is 9.94. The smallest absolute Gasteiger partial charge is 0.262 e. The van der Waals surface area contributed by atoms with Gasteiger partial charge in [-0.25, -0.2) is 4.98 Å². The molecule has 1 aromatic carbocycles. The third kappa shape index (κ3) is 3.32. The summed E-state index contributed by atoms with van der Waals surface area (Å²) in [5.41, 5.74) is 4.24. The molecule has 0 radical (unpaired) electrons. The van der Waals surface area contributed by atoms with Gasteiger partial charge in [0.2, 0.25) is 11.8 Å². The molecule has 2 amide bonds. The SMILES string of the molecule is CO[C@@]1(CC(C)C)NC(=O)[C@@H](CCC(N)=O)n2c1nc1ccccc1c2=O. The second-order valence-corrected chi connectivity index (χ2v) is 7.27. The van der Waals surface area contributed by atoms with E-state index in [0.29, 0.717) is 23.1 Å². The van der Waals surface area contributed by atoms with E-state index in [1.54, 1.807) is 24.3 Å². The number of methoxy groups -OCH3 is 1. The highest BCUT2D eigenvalue weighted by atomic mass is 16.5. The topological polar surface area (TPSA) is 116 Å². The molecule has 2 aromatic rings. The monoisotopic (exact) mass is 372 g/mol. The number of carbonyl (C=O) groups is 2. The predicted octanol–water partition coefficient (Wildman–Crippen LogP) is 1.18. The summed E-state index contributed by atoms with van der Waals surface area (Å²) >= 11 is 0. The van der Waals surface area contributed by atoms with E-state index in [1.807, 2.05) is 13.8 Å². The van der Waals surface area contributed by atoms with Crippen molar-refractivity contribution in [3.05, 3.63) is 40.4 Å². The number of carbonyl (C=O) groups excluding carboxylic acids is 2. The Morgan fingerprint density at radius 3 is 2.70 bits per heavy atom. The number of fused-ring (bicyclic) bond motifs is 2. The number of aromatic nitrogens is 2. The highest BCUT2D eigenvalue weighted by Gasteiger charge is 2.46. The fourth-order valence-electron chi connectivity index (χ4n) is 3.66. The van der Waals surface area contributed by atoms with Crippen LogP contribution < -0.4 is 16.6 Å². The molecule has 1 aliphatic rings. The molecule has 0 saturated carbocycles. The van der Waals surface area contributed by atoms with Gasteiger partial charge in [0.25, 0.3) is 5.56 Å². The summed E-state index contributed by atoms with van der Waals surface area (Å²) in [7, 11) is 1.48. The van der Waals surface area contributed by atoms with Gasteiger partial charge in [-0.1, -0.05) is 26.0 Å². The van der Waals surface area contributed by atoms with Crippen LogP contribution in [0.4, 0.5) is 0 Å². The largest absolute Gasteiger partial charge is 0.370 e. The molecule has 8 heteroatoms. The number of benzene rings is 1. The van der Waals surface area contributed by atoms with E-state index in [-0.39, 0.29) is 30.2 Å². The van der Waals surface area contributed by atoms with Crippen molar-refractivity contribution < 1.29 is 14.3 Å². The Bertz CT molecular complexity index is 952. The van der Waals surface area contributed by atoms with Crippen molar-refractivity contribution in [2.24, 2.45) is 11.7 Å². The Morgan fingerprint density at radius 1 is 1.37 bits per heavy atom. The number of para-hydroxylation sites is 1. The standard InChI is InChI=1S/C19H24N4O4/c1-11(2)10-19(27-3)18-21-13-7-5-4-6-12(13)17(26)23(18)14(16(25)22-19)8-9-15(20)24/h4-7,11,14H,8-10H2,1-3H3,(H2,20,24)(H,22,25)/t14-,19-/m1/s1. The van der Waals surface area contributed by atoms with Crippen LogP contribution in [0.15, 0.2) is 29.1 Å². The van der Waals surface area contributed by atoms with Gasteiger partial charge >= 0.3 is 0 Å². The van der Waals surface area contributed by atoms with Crippen LogP contribution in [0.2, 0.25) is 0 Å². The number of amides is 2. The van der Waals surface area contributed by atoms with Crippen LogP contribution in [0.5, 0.6) is 0 Å². The molecule has 2 heterocycles. The zero-order valence-corrected chi connectivity index (χ0v) is 15.7. The fourth-order valence-corrected chi connectivity index (χ4v) is 3.66. The lowest BCUT2D eigenvalue weighted by molar-refractivity contribution is -0.145. The first-order chi connectivity index (χ1) is 12.8. The highest BCUT2D eigenvalue weighted by Crippen LogP contribution is 2.35. The summed E-state index contributed by atoms with van der Waals surface area (Å²) in [5.74, 6) is -0.400. The Morgan fingerprint density at radius 2 is 2.07 bits per heavy atom. The van der Waals surface area contributed by atoms with Crippen molar-refractivity contribution >= 4 is 22.7 Å². The summed E-state index contributed by atoms with van der Waals surface area (Å²) in [6.45, 7) is 3.99. The third-order valence-electron chi connectivity index (χ3n) is 4.82. The van der Waals surface area contributed by atoms with Crippen LogP contribution >= 0.6 is 0 Å². The summed E-state index contributed by atoms with van der Waals surface area (Å²) in [4.78, 5) is 42.0. The van der Waals surface area contributed by atoms with E-state index < -0.39 is 17.7 Å². The molecule has 0 saturated heterocycles. The van der Waals surface area contributed by atoms with Gasteiger partial charge < -0.3 is 15.8 Å². The number of nitrogens with one attached hydrogen (secondary N) is 1. The highest BCUT2D eigenvalue weighted by molar-refractivity contribution is 5.85. The minimum atomic E-state index is -1.21. The number of nitrogens with two attached hydrogens (primary N) is 1. The molecular formula is C19H24N4O4. The van der Waals surface area contributed by atoms with Crippen LogP contribution in [-0.2, 0) is 20.1 Å². The lowest BCUT2D eigenvalue weighted by Gasteiger charge is -2.41. The molecule has 2 atom stereocenters. The summed E-state index contributed by atoms with van der Waals surface area (Å²) in [5, 5.41) is 3.31. The van der Waals surface area contributed by atoms with Crippen molar-refractivity contribution in [1.29, 1.82) is 0 Å². The Balaban J connectivity index is 2.29. The number of primary amides is 1. The Labute approximate surface area is 156 Å². The molecule has 0 bridgehead atoms. The molecule has 0 aliphatic carbocycles. The zero-order valence-electron chi connectivity index (χ0n) is 15.7. The maximum absolute atomic E-state index is 13.2. The summed E-state index contributed by atoms with van der Waals surface area (Å²) in [6.07, 6.45) is 0.555. The quantitative estimate of drug-likeness (QED) is 0.790. The van der Waals surface area contributed by atoms with Crippen LogP contribution in [0, 0.1) is 5.92 Å². The maximum Gasteiger partial charge on any atom is 0.262 e. The van der Waals surface area contributed by atoms with E-state index in [0.717, 1.165) is 0 Å². The van der Waals surface area contributed by atoms with Gasteiger partial charge in [0.15, 0.2) is 11.5 Å². The van der Waals surface area contributed by atoms with Crippen LogP contribution in [0.3, 0.4) is 0 Å². The van der Waals surface area contributed by atoms with Crippen LogP contribution in [0.25, 0.3) is 10.9 Å². The van der Waals surface area contributed by atoms with E-state index >= 15 is 0 Å². The van der Waals surface area contributed by atoms with Crippen molar-refractivity contribution in [3.8, 4) is 0 Å². The first-order valence-electron chi connectivity index (χ1n) is 8.96. The Kier molecular flexibility index (Phi) is 5.01. The molecule has 0 spiro atoms. The number of hydrogen-bond acceptors (Lipinski definition) is 5. The average molecular weight is 372 g/mol. The van der Waals surface area contributed by atoms with Gasteiger partial charge in [0.05, 0.1) is 10.9 Å². The first kappa shape index (κ1) is 19.0. The van der Waals surface area contributed by atoms with Gasteiger partial charge in [0, 0.05) is 20.0 Å². The van der Waals surface area contributed by atoms with Crippen molar-refractivity contribution in [1.82, 2.24) is 14.9 Å². The van der Waals surface area contributed by atoms with E-state index in [1.165, 1.54) is 11.7 Å². The summed E-state index contributed by atoms with van der Waals surface area (Å²) in [6, 6.07) is 6.11. The average Bonchev–Trinajstić information content (AvgIpc) is 2.61. The van der Waals surface area contributed by atoms with Gasteiger partial charge in [-0.3, -0.25) is 19.0 Å². The number of rotatable bonds is 6. The van der Waals surface area contributed by atoms with Crippen LogP contribution in [-0.4, -0.2) is 28.5 Å². The molecule has 1 aromatic heterocycles. The lowest BCUT2D eigenvalue weighted by Crippen LogP contribution is -2.59. The molecule has 0 fully saturated rings. The molecule has 3 N–H and O–H groups in total. The first-order valence-corrected chi connectivity index (χ1v) is 8.96. The molecule has 1 aliphatic heterocycles. The molecule has 8 nitrogen and oxygen atoms in total. The maximum atomic E-state index is 13.2. The van der Waals surface area contributed by atoms with Crippen molar-refractivity contribution in [2.45, 2.75) is 44.9 Å². The van der Waals surface area contributed by atoms with Gasteiger partial charge in [-0.05, 0) is 24.5 Å². The van der Waals surface area contributed by atoms with E-state index in [2.05, 4.69) is 10.3 Å². The molecule has 3 rings (SSSR count). The van der Waals surface area contributed by atoms with E-state index in [4.69, 9.17) is 10.5 Å². The minimum absolute atomic E-state index is 0.0129. The zero-order chi connectivity index (χ0) is 19.8.